The third-order valence-corrected chi connectivity index (χ3v) is 7.84. The molecule has 2 aliphatic heterocycles. The molecule has 2 saturated heterocycles. The summed E-state index contributed by atoms with van der Waals surface area (Å²) in [7, 11) is 0. The van der Waals surface area contributed by atoms with Gasteiger partial charge in [0.2, 0.25) is 5.91 Å². The van der Waals surface area contributed by atoms with Crippen molar-refractivity contribution < 1.29 is 4.79 Å². The number of likely N-dealkylation sites (tertiary alicyclic amines) is 1. The van der Waals surface area contributed by atoms with Gasteiger partial charge in [0.1, 0.15) is 0 Å². The van der Waals surface area contributed by atoms with Crippen LogP contribution in [0.1, 0.15) is 99.3 Å². The SMILES string of the molecule is CC(C)(C)CCCC(=O)N1CC2CCC(C1)N2CC1CCC(C(C)(C)C)CC1. The first-order chi connectivity index (χ1) is 13.0. The summed E-state index contributed by atoms with van der Waals surface area (Å²) in [6, 6.07) is 1.26. The van der Waals surface area contributed by atoms with E-state index >= 15 is 0 Å². The molecular formula is C25H46N2O. The first kappa shape index (κ1) is 22.1. The number of hydrogen-bond acceptors (Lipinski definition) is 2. The summed E-state index contributed by atoms with van der Waals surface area (Å²) in [4.78, 5) is 17.7. The molecule has 3 rings (SSSR count). The fraction of sp³-hybridized carbons (Fsp3) is 0.960. The van der Waals surface area contributed by atoms with Crippen molar-refractivity contribution in [3.05, 3.63) is 0 Å². The molecule has 2 atom stereocenters. The minimum Gasteiger partial charge on any atom is -0.340 e. The second kappa shape index (κ2) is 8.66. The lowest BCUT2D eigenvalue weighted by Gasteiger charge is -2.44. The summed E-state index contributed by atoms with van der Waals surface area (Å²) in [6.45, 7) is 17.3. The Bertz CT molecular complexity index is 508. The van der Waals surface area contributed by atoms with Gasteiger partial charge in [-0.15, -0.1) is 0 Å². The van der Waals surface area contributed by atoms with Crippen molar-refractivity contribution in [3.63, 3.8) is 0 Å². The number of hydrogen-bond donors (Lipinski definition) is 0. The zero-order chi connectivity index (χ0) is 20.5. The highest BCUT2D eigenvalue weighted by atomic mass is 16.2. The largest absolute Gasteiger partial charge is 0.340 e. The van der Waals surface area contributed by atoms with Gasteiger partial charge < -0.3 is 4.90 Å². The Morgan fingerprint density at radius 1 is 0.857 bits per heavy atom. The van der Waals surface area contributed by atoms with E-state index in [4.69, 9.17) is 0 Å². The Hall–Kier alpha value is -0.570. The van der Waals surface area contributed by atoms with Crippen LogP contribution in [0.5, 0.6) is 0 Å². The van der Waals surface area contributed by atoms with Crippen molar-refractivity contribution >= 4 is 5.91 Å². The van der Waals surface area contributed by atoms with E-state index in [9.17, 15) is 4.79 Å². The summed E-state index contributed by atoms with van der Waals surface area (Å²) in [5, 5.41) is 0. The average Bonchev–Trinajstić information content (AvgIpc) is 2.82. The van der Waals surface area contributed by atoms with Crippen LogP contribution in [0.3, 0.4) is 0 Å². The number of carbonyl (C=O) groups is 1. The minimum atomic E-state index is 0.337. The molecule has 0 N–H and O–H groups in total. The molecule has 0 spiro atoms. The van der Waals surface area contributed by atoms with Crippen LogP contribution in [0.25, 0.3) is 0 Å². The predicted octanol–water partition coefficient (Wildman–Crippen LogP) is 5.73. The van der Waals surface area contributed by atoms with Crippen LogP contribution in [0.4, 0.5) is 0 Å². The molecule has 3 aliphatic rings. The van der Waals surface area contributed by atoms with Crippen LogP contribution >= 0.6 is 0 Å². The van der Waals surface area contributed by atoms with Gasteiger partial charge in [-0.1, -0.05) is 41.5 Å². The monoisotopic (exact) mass is 390 g/mol. The van der Waals surface area contributed by atoms with E-state index in [1.54, 1.807) is 0 Å². The van der Waals surface area contributed by atoms with Gasteiger partial charge in [0, 0.05) is 38.1 Å². The Balaban J connectivity index is 1.45. The summed E-state index contributed by atoms with van der Waals surface area (Å²) in [5.74, 6) is 2.20. The molecule has 0 aromatic rings. The summed E-state index contributed by atoms with van der Waals surface area (Å²) in [5.41, 5.74) is 0.812. The molecule has 28 heavy (non-hydrogen) atoms. The normalized spacial score (nSPS) is 32.0. The van der Waals surface area contributed by atoms with Crippen molar-refractivity contribution in [2.24, 2.45) is 22.7 Å². The molecule has 1 saturated carbocycles. The van der Waals surface area contributed by atoms with E-state index in [0.29, 0.717) is 28.8 Å². The predicted molar refractivity (Wildman–Crippen MR) is 118 cm³/mol. The maximum Gasteiger partial charge on any atom is 0.222 e. The molecule has 3 heteroatoms. The van der Waals surface area contributed by atoms with Gasteiger partial charge in [-0.25, -0.2) is 0 Å². The standard InChI is InChI=1S/C25H46N2O/c1-24(2,3)15-7-8-23(28)26-17-21-13-14-22(18-26)27(21)16-19-9-11-20(12-10-19)25(4,5)6/h19-22H,7-18H2,1-6H3. The first-order valence-corrected chi connectivity index (χ1v) is 12.1. The number of nitrogens with zero attached hydrogens (tertiary/aromatic N) is 2. The highest BCUT2D eigenvalue weighted by Gasteiger charge is 2.42. The second-order valence-electron chi connectivity index (χ2n) is 12.4. The maximum absolute atomic E-state index is 12.7. The molecule has 1 aliphatic carbocycles. The second-order valence-corrected chi connectivity index (χ2v) is 12.4. The summed E-state index contributed by atoms with van der Waals surface area (Å²) >= 11 is 0. The molecule has 0 aromatic carbocycles. The lowest BCUT2D eigenvalue weighted by atomic mass is 9.70. The molecule has 0 radical (unpaired) electrons. The van der Waals surface area contributed by atoms with Crippen LogP contribution < -0.4 is 0 Å². The molecule has 2 unspecified atom stereocenters. The molecular weight excluding hydrogens is 344 g/mol. The molecule has 162 valence electrons. The number of piperazine rings is 1. The highest BCUT2D eigenvalue weighted by Crippen LogP contribution is 2.41. The van der Waals surface area contributed by atoms with Crippen molar-refractivity contribution in [1.82, 2.24) is 9.80 Å². The quantitative estimate of drug-likeness (QED) is 0.598. The Labute approximate surface area is 174 Å². The van der Waals surface area contributed by atoms with Crippen molar-refractivity contribution in [2.45, 2.75) is 111 Å². The fourth-order valence-electron chi connectivity index (χ4n) is 5.93. The van der Waals surface area contributed by atoms with E-state index < -0.39 is 0 Å². The van der Waals surface area contributed by atoms with Gasteiger partial charge in [0.05, 0.1) is 0 Å². The number of carbonyl (C=O) groups excluding carboxylic acids is 1. The van der Waals surface area contributed by atoms with Gasteiger partial charge in [-0.3, -0.25) is 9.69 Å². The van der Waals surface area contributed by atoms with Crippen molar-refractivity contribution in [1.29, 1.82) is 0 Å². The van der Waals surface area contributed by atoms with Gasteiger partial charge in [-0.05, 0) is 74.0 Å². The smallest absolute Gasteiger partial charge is 0.222 e. The van der Waals surface area contributed by atoms with Crippen LogP contribution in [-0.4, -0.2) is 47.4 Å². The fourth-order valence-corrected chi connectivity index (χ4v) is 5.93. The molecule has 0 aromatic heterocycles. The van der Waals surface area contributed by atoms with Crippen LogP contribution in [0, 0.1) is 22.7 Å². The van der Waals surface area contributed by atoms with Crippen LogP contribution in [0.15, 0.2) is 0 Å². The average molecular weight is 391 g/mol. The van der Waals surface area contributed by atoms with E-state index in [2.05, 4.69) is 51.3 Å². The van der Waals surface area contributed by atoms with E-state index in [-0.39, 0.29) is 0 Å². The van der Waals surface area contributed by atoms with Crippen LogP contribution in [0.2, 0.25) is 0 Å². The van der Waals surface area contributed by atoms with Gasteiger partial charge in [0.15, 0.2) is 0 Å². The first-order valence-electron chi connectivity index (χ1n) is 12.1. The summed E-state index contributed by atoms with van der Waals surface area (Å²) < 4.78 is 0. The topological polar surface area (TPSA) is 23.6 Å². The third-order valence-electron chi connectivity index (χ3n) is 7.84. The van der Waals surface area contributed by atoms with Crippen molar-refractivity contribution in [3.8, 4) is 0 Å². The molecule has 2 heterocycles. The number of amides is 1. The Morgan fingerprint density at radius 3 is 1.93 bits per heavy atom. The Kier molecular flexibility index (Phi) is 6.84. The third kappa shape index (κ3) is 5.74. The lowest BCUT2D eigenvalue weighted by molar-refractivity contribution is -0.135. The minimum absolute atomic E-state index is 0.337. The molecule has 3 nitrogen and oxygen atoms in total. The lowest BCUT2D eigenvalue weighted by Crippen LogP contribution is -2.56. The summed E-state index contributed by atoms with van der Waals surface area (Å²) in [6.07, 6.45) is 11.2. The van der Waals surface area contributed by atoms with Gasteiger partial charge >= 0.3 is 0 Å². The molecule has 2 bridgehead atoms. The van der Waals surface area contributed by atoms with Crippen molar-refractivity contribution in [2.75, 3.05) is 19.6 Å². The zero-order valence-corrected chi connectivity index (χ0v) is 19.6. The van der Waals surface area contributed by atoms with Gasteiger partial charge in [0.25, 0.3) is 0 Å². The molecule has 3 fully saturated rings. The Morgan fingerprint density at radius 2 is 1.43 bits per heavy atom. The van der Waals surface area contributed by atoms with Crippen LogP contribution in [-0.2, 0) is 4.79 Å². The molecule has 1 amide bonds. The van der Waals surface area contributed by atoms with E-state index in [1.165, 1.54) is 45.1 Å². The highest BCUT2D eigenvalue weighted by molar-refractivity contribution is 5.76. The zero-order valence-electron chi connectivity index (χ0n) is 19.6. The number of fused-ring (bicyclic) bond motifs is 2. The number of rotatable bonds is 5. The van der Waals surface area contributed by atoms with E-state index in [0.717, 1.165) is 44.2 Å². The van der Waals surface area contributed by atoms with E-state index in [1.807, 2.05) is 0 Å². The van der Waals surface area contributed by atoms with Gasteiger partial charge in [-0.2, -0.15) is 0 Å². The maximum atomic E-state index is 12.7.